The number of hydrogen-bond donors (Lipinski definition) is 0. The summed E-state index contributed by atoms with van der Waals surface area (Å²) in [6.45, 7) is 6.90. The molecule has 2 saturated heterocycles. The fraction of sp³-hybridized carbons (Fsp3) is 0.560. The molecule has 8 heteroatoms. The molecular weight excluding hydrogens is 422 g/mol. The molecule has 0 unspecified atom stereocenters. The predicted octanol–water partition coefficient (Wildman–Crippen LogP) is 4.32. The minimum atomic E-state index is -0.0882. The molecule has 5 rings (SSSR count). The Kier molecular flexibility index (Phi) is 6.46. The van der Waals surface area contributed by atoms with Gasteiger partial charge in [0.2, 0.25) is 0 Å². The third kappa shape index (κ3) is 4.96. The number of rotatable bonds is 7. The number of carbonyl (C=O) groups is 1. The Morgan fingerprint density at radius 2 is 1.76 bits per heavy atom. The Balaban J connectivity index is 1.39. The van der Waals surface area contributed by atoms with Crippen molar-refractivity contribution in [1.82, 2.24) is 14.4 Å². The Morgan fingerprint density at radius 3 is 2.45 bits per heavy atom. The molecule has 0 aromatic carbocycles. The van der Waals surface area contributed by atoms with Crippen molar-refractivity contribution in [3.05, 3.63) is 47.6 Å². The van der Waals surface area contributed by atoms with Crippen LogP contribution in [0.25, 0.3) is 5.65 Å². The number of oxazole rings is 1. The molecule has 3 aromatic heterocycles. The normalized spacial score (nSPS) is 18.3. The van der Waals surface area contributed by atoms with E-state index in [2.05, 4.69) is 11.2 Å². The predicted molar refractivity (Wildman–Crippen MR) is 121 cm³/mol. The SMILES string of the molecule is CC(C)Oc1cc2nc(C3CCOCC3)cn2cc1CC(=O)c1coc(C2CCOCC2)n1. The maximum absolute atomic E-state index is 13.1. The highest BCUT2D eigenvalue weighted by atomic mass is 16.5. The number of nitrogens with zero attached hydrogens (tertiary/aromatic N) is 3. The van der Waals surface area contributed by atoms with Gasteiger partial charge in [0.05, 0.1) is 11.8 Å². The first-order valence-electron chi connectivity index (χ1n) is 11.9. The van der Waals surface area contributed by atoms with Crippen LogP contribution in [-0.2, 0) is 15.9 Å². The molecular formula is C25H31N3O5. The molecule has 0 radical (unpaired) electrons. The van der Waals surface area contributed by atoms with Crippen molar-refractivity contribution in [2.45, 2.75) is 63.9 Å². The van der Waals surface area contributed by atoms with Crippen LogP contribution in [-0.4, -0.2) is 52.7 Å². The molecule has 8 nitrogen and oxygen atoms in total. The van der Waals surface area contributed by atoms with Gasteiger partial charge in [-0.05, 0) is 39.5 Å². The summed E-state index contributed by atoms with van der Waals surface area (Å²) in [5, 5.41) is 0. The molecule has 0 saturated carbocycles. The smallest absolute Gasteiger partial charge is 0.197 e. The third-order valence-electron chi connectivity index (χ3n) is 6.38. The summed E-state index contributed by atoms with van der Waals surface area (Å²) in [6.07, 6.45) is 9.37. The van der Waals surface area contributed by atoms with E-state index in [0.717, 1.165) is 55.8 Å². The van der Waals surface area contributed by atoms with Crippen molar-refractivity contribution in [3.63, 3.8) is 0 Å². The number of imidazole rings is 1. The maximum Gasteiger partial charge on any atom is 0.197 e. The first-order valence-corrected chi connectivity index (χ1v) is 11.9. The van der Waals surface area contributed by atoms with Gasteiger partial charge in [-0.15, -0.1) is 0 Å². The lowest BCUT2D eigenvalue weighted by molar-refractivity contribution is 0.0794. The van der Waals surface area contributed by atoms with Gasteiger partial charge in [-0.1, -0.05) is 0 Å². The van der Waals surface area contributed by atoms with Crippen LogP contribution in [0.15, 0.2) is 29.1 Å². The Morgan fingerprint density at radius 1 is 1.06 bits per heavy atom. The maximum atomic E-state index is 13.1. The van der Waals surface area contributed by atoms with E-state index in [-0.39, 0.29) is 24.2 Å². The van der Waals surface area contributed by atoms with Crippen LogP contribution in [0.3, 0.4) is 0 Å². The number of carbonyl (C=O) groups excluding carboxylic acids is 1. The van der Waals surface area contributed by atoms with Crippen molar-refractivity contribution in [3.8, 4) is 5.75 Å². The molecule has 0 N–H and O–H groups in total. The van der Waals surface area contributed by atoms with Gasteiger partial charge in [0.25, 0.3) is 0 Å². The topological polar surface area (TPSA) is 88.1 Å². The quantitative estimate of drug-likeness (QED) is 0.492. The third-order valence-corrected chi connectivity index (χ3v) is 6.38. The average Bonchev–Trinajstić information content (AvgIpc) is 3.47. The van der Waals surface area contributed by atoms with E-state index in [1.807, 2.05) is 30.5 Å². The molecule has 3 aromatic rings. The summed E-state index contributed by atoms with van der Waals surface area (Å²) in [5.74, 6) is 1.84. The lowest BCUT2D eigenvalue weighted by Gasteiger charge is -2.19. The van der Waals surface area contributed by atoms with E-state index in [1.165, 1.54) is 6.26 Å². The Hall–Kier alpha value is -2.71. The van der Waals surface area contributed by atoms with Crippen LogP contribution in [0.2, 0.25) is 0 Å². The zero-order valence-electron chi connectivity index (χ0n) is 19.3. The highest BCUT2D eigenvalue weighted by molar-refractivity contribution is 5.95. The fourth-order valence-corrected chi connectivity index (χ4v) is 4.58. The van der Waals surface area contributed by atoms with E-state index < -0.39 is 0 Å². The lowest BCUT2D eigenvalue weighted by Crippen LogP contribution is -2.15. The summed E-state index contributed by atoms with van der Waals surface area (Å²) < 4.78 is 24.6. The molecule has 0 aliphatic carbocycles. The number of hydrogen-bond acceptors (Lipinski definition) is 7. The van der Waals surface area contributed by atoms with Crippen molar-refractivity contribution < 1.29 is 23.4 Å². The van der Waals surface area contributed by atoms with Gasteiger partial charge in [-0.3, -0.25) is 4.79 Å². The second-order valence-corrected chi connectivity index (χ2v) is 9.20. The van der Waals surface area contributed by atoms with Gasteiger partial charge in [0, 0.05) is 68.7 Å². The average molecular weight is 454 g/mol. The van der Waals surface area contributed by atoms with Crippen LogP contribution in [0.1, 0.15) is 79.0 Å². The molecule has 2 aliphatic heterocycles. The number of aromatic nitrogens is 3. The van der Waals surface area contributed by atoms with Crippen LogP contribution in [0, 0.1) is 0 Å². The van der Waals surface area contributed by atoms with E-state index in [9.17, 15) is 4.79 Å². The van der Waals surface area contributed by atoms with Gasteiger partial charge in [-0.25, -0.2) is 9.97 Å². The highest BCUT2D eigenvalue weighted by Crippen LogP contribution is 2.30. The molecule has 2 aliphatic rings. The first-order chi connectivity index (χ1) is 16.1. The van der Waals surface area contributed by atoms with Crippen LogP contribution in [0.5, 0.6) is 5.75 Å². The largest absolute Gasteiger partial charge is 0.491 e. The fourth-order valence-electron chi connectivity index (χ4n) is 4.58. The van der Waals surface area contributed by atoms with Crippen LogP contribution >= 0.6 is 0 Å². The summed E-state index contributed by atoms with van der Waals surface area (Å²) in [5.41, 5.74) is 3.06. The molecule has 0 bridgehead atoms. The number of Topliss-reactive ketones (excluding diaryl/α,β-unsaturated/α-hetero) is 1. The monoisotopic (exact) mass is 453 g/mol. The van der Waals surface area contributed by atoms with Crippen molar-refractivity contribution in [1.29, 1.82) is 0 Å². The molecule has 0 amide bonds. The lowest BCUT2D eigenvalue weighted by atomic mass is 9.97. The van der Waals surface area contributed by atoms with Gasteiger partial charge in [-0.2, -0.15) is 0 Å². The molecule has 33 heavy (non-hydrogen) atoms. The number of fused-ring (bicyclic) bond motifs is 1. The zero-order chi connectivity index (χ0) is 22.8. The Labute approximate surface area is 193 Å². The first kappa shape index (κ1) is 22.1. The summed E-state index contributed by atoms with van der Waals surface area (Å²) in [7, 11) is 0. The van der Waals surface area contributed by atoms with Gasteiger partial charge >= 0.3 is 0 Å². The van der Waals surface area contributed by atoms with Gasteiger partial charge < -0.3 is 23.0 Å². The van der Waals surface area contributed by atoms with Crippen molar-refractivity contribution in [2.75, 3.05) is 26.4 Å². The van der Waals surface area contributed by atoms with Gasteiger partial charge in [0.1, 0.15) is 23.4 Å². The highest BCUT2D eigenvalue weighted by Gasteiger charge is 2.24. The van der Waals surface area contributed by atoms with Crippen LogP contribution in [0.4, 0.5) is 0 Å². The number of ketones is 1. The summed E-state index contributed by atoms with van der Waals surface area (Å²) >= 11 is 0. The minimum Gasteiger partial charge on any atom is -0.491 e. The van der Waals surface area contributed by atoms with Gasteiger partial charge in [0.15, 0.2) is 11.7 Å². The summed E-state index contributed by atoms with van der Waals surface area (Å²) in [4.78, 5) is 22.4. The second-order valence-electron chi connectivity index (χ2n) is 9.20. The van der Waals surface area contributed by atoms with E-state index in [1.54, 1.807) is 0 Å². The second kappa shape index (κ2) is 9.65. The van der Waals surface area contributed by atoms with Crippen molar-refractivity contribution >= 4 is 11.4 Å². The van der Waals surface area contributed by atoms with E-state index in [0.29, 0.717) is 36.5 Å². The standard InChI is InChI=1S/C25H31N3O5/c1-16(2)33-23-12-24-26-20(17-3-7-30-8-4-17)14-28(24)13-19(23)11-22(29)21-15-32-25(27-21)18-5-9-31-10-6-18/h12-18H,3-11H2,1-2H3. The van der Waals surface area contributed by atoms with Crippen LogP contribution < -0.4 is 4.74 Å². The number of ether oxygens (including phenoxy) is 3. The minimum absolute atomic E-state index is 0.0154. The molecule has 176 valence electrons. The van der Waals surface area contributed by atoms with E-state index in [4.69, 9.17) is 23.6 Å². The molecule has 0 spiro atoms. The Bertz CT molecular complexity index is 1110. The summed E-state index contributed by atoms with van der Waals surface area (Å²) in [6, 6.07) is 1.93. The molecule has 2 fully saturated rings. The number of pyridine rings is 1. The zero-order valence-corrected chi connectivity index (χ0v) is 19.3. The van der Waals surface area contributed by atoms with E-state index >= 15 is 0 Å². The molecule has 0 atom stereocenters. The molecule has 5 heterocycles. The van der Waals surface area contributed by atoms with Crippen molar-refractivity contribution in [2.24, 2.45) is 0 Å².